The number of para-hydroxylation sites is 1. The minimum absolute atomic E-state index is 0.0335. The monoisotopic (exact) mass is 435 g/mol. The molecule has 0 saturated carbocycles. The van der Waals surface area contributed by atoms with Crippen LogP contribution < -0.4 is 5.32 Å². The topological polar surface area (TPSA) is 80.1 Å². The van der Waals surface area contributed by atoms with Gasteiger partial charge in [0.1, 0.15) is 0 Å². The van der Waals surface area contributed by atoms with E-state index in [1.165, 1.54) is 6.92 Å². The second-order valence-electron chi connectivity index (χ2n) is 9.60. The largest absolute Gasteiger partial charge is 0.342 e. The summed E-state index contributed by atoms with van der Waals surface area (Å²) < 4.78 is 1.90. The number of hydrogen-bond acceptors (Lipinski definition) is 4. The Kier molecular flexibility index (Phi) is 6.39. The number of amides is 2. The SMILES string of the molecule is CC(=O)N(C)Cc1ccccc1NC(=O)c1cc(C(C)C)nc2c1c(C)nn2C(C)(C)C. The van der Waals surface area contributed by atoms with E-state index in [1.54, 1.807) is 11.9 Å². The van der Waals surface area contributed by atoms with Crippen LogP contribution in [0.25, 0.3) is 11.0 Å². The minimum Gasteiger partial charge on any atom is -0.342 e. The van der Waals surface area contributed by atoms with E-state index in [-0.39, 0.29) is 23.3 Å². The first kappa shape index (κ1) is 23.4. The van der Waals surface area contributed by atoms with Gasteiger partial charge in [0.25, 0.3) is 5.91 Å². The van der Waals surface area contributed by atoms with Gasteiger partial charge in [-0.3, -0.25) is 9.59 Å². The molecule has 3 aromatic rings. The number of anilines is 1. The molecule has 3 rings (SSSR count). The van der Waals surface area contributed by atoms with Crippen LogP contribution in [0.5, 0.6) is 0 Å². The van der Waals surface area contributed by atoms with Gasteiger partial charge in [-0.25, -0.2) is 9.67 Å². The van der Waals surface area contributed by atoms with Gasteiger partial charge in [0.2, 0.25) is 5.91 Å². The van der Waals surface area contributed by atoms with Crippen LogP contribution in [-0.4, -0.2) is 38.5 Å². The third-order valence-electron chi connectivity index (χ3n) is 5.51. The summed E-state index contributed by atoms with van der Waals surface area (Å²) in [5.41, 5.74) is 4.17. The predicted octanol–water partition coefficient (Wildman–Crippen LogP) is 4.85. The zero-order chi connectivity index (χ0) is 23.8. The Hall–Kier alpha value is -3.22. The van der Waals surface area contributed by atoms with Gasteiger partial charge in [-0.2, -0.15) is 5.10 Å². The molecule has 2 amide bonds. The van der Waals surface area contributed by atoms with Crippen LogP contribution in [0.4, 0.5) is 5.69 Å². The van der Waals surface area contributed by atoms with Gasteiger partial charge in [-0.1, -0.05) is 32.0 Å². The van der Waals surface area contributed by atoms with Crippen LogP contribution in [0.15, 0.2) is 30.3 Å². The highest BCUT2D eigenvalue weighted by Crippen LogP contribution is 2.30. The van der Waals surface area contributed by atoms with Gasteiger partial charge >= 0.3 is 0 Å². The summed E-state index contributed by atoms with van der Waals surface area (Å²) in [5, 5.41) is 8.54. The number of fused-ring (bicyclic) bond motifs is 1. The first-order valence-electron chi connectivity index (χ1n) is 10.9. The molecule has 0 aliphatic rings. The van der Waals surface area contributed by atoms with Crippen molar-refractivity contribution in [3.05, 3.63) is 52.8 Å². The maximum atomic E-state index is 13.5. The fourth-order valence-electron chi connectivity index (χ4n) is 3.59. The summed E-state index contributed by atoms with van der Waals surface area (Å²) >= 11 is 0. The lowest BCUT2D eigenvalue weighted by atomic mass is 10.0. The maximum Gasteiger partial charge on any atom is 0.256 e. The number of aryl methyl sites for hydroxylation is 1. The molecule has 0 saturated heterocycles. The van der Waals surface area contributed by atoms with E-state index in [0.717, 1.165) is 28.0 Å². The summed E-state index contributed by atoms with van der Waals surface area (Å²) in [7, 11) is 1.74. The predicted molar refractivity (Wildman–Crippen MR) is 128 cm³/mol. The molecule has 7 heteroatoms. The van der Waals surface area contributed by atoms with E-state index in [1.807, 2.05) is 41.9 Å². The Bertz CT molecular complexity index is 1170. The molecule has 1 N–H and O–H groups in total. The average Bonchev–Trinajstić information content (AvgIpc) is 3.05. The molecular formula is C25H33N5O2. The number of rotatable bonds is 5. The fraction of sp³-hybridized carbons (Fsp3) is 0.440. The van der Waals surface area contributed by atoms with Crippen molar-refractivity contribution >= 4 is 28.5 Å². The molecule has 0 fully saturated rings. The maximum absolute atomic E-state index is 13.5. The van der Waals surface area contributed by atoms with Crippen molar-refractivity contribution in [1.82, 2.24) is 19.7 Å². The summed E-state index contributed by atoms with van der Waals surface area (Å²) in [6.45, 7) is 14.2. The van der Waals surface area contributed by atoms with E-state index >= 15 is 0 Å². The normalized spacial score (nSPS) is 11.8. The van der Waals surface area contributed by atoms with Crippen molar-refractivity contribution in [2.75, 3.05) is 12.4 Å². The third-order valence-corrected chi connectivity index (χ3v) is 5.51. The number of nitrogens with zero attached hydrogens (tertiary/aromatic N) is 4. The quantitative estimate of drug-likeness (QED) is 0.621. The molecule has 0 unspecified atom stereocenters. The summed E-state index contributed by atoms with van der Waals surface area (Å²) in [4.78, 5) is 31.7. The summed E-state index contributed by atoms with van der Waals surface area (Å²) in [6.07, 6.45) is 0. The zero-order valence-electron chi connectivity index (χ0n) is 20.3. The lowest BCUT2D eigenvalue weighted by Gasteiger charge is -2.21. The molecule has 2 aromatic heterocycles. The summed E-state index contributed by atoms with van der Waals surface area (Å²) in [5.74, 6) is -0.0892. The Morgan fingerprint density at radius 2 is 1.84 bits per heavy atom. The highest BCUT2D eigenvalue weighted by Gasteiger charge is 2.25. The Balaban J connectivity index is 2.10. The van der Waals surface area contributed by atoms with Gasteiger partial charge < -0.3 is 10.2 Å². The molecule has 170 valence electrons. The van der Waals surface area contributed by atoms with Crippen molar-refractivity contribution in [3.63, 3.8) is 0 Å². The van der Waals surface area contributed by atoms with Gasteiger partial charge in [-0.05, 0) is 51.3 Å². The van der Waals surface area contributed by atoms with Gasteiger partial charge in [-0.15, -0.1) is 0 Å². The van der Waals surface area contributed by atoms with E-state index in [4.69, 9.17) is 10.1 Å². The molecule has 0 aliphatic heterocycles. The van der Waals surface area contributed by atoms with Crippen LogP contribution in [0, 0.1) is 6.92 Å². The number of hydrogen-bond donors (Lipinski definition) is 1. The molecular weight excluding hydrogens is 402 g/mol. The van der Waals surface area contributed by atoms with Gasteiger partial charge in [0, 0.05) is 31.9 Å². The average molecular weight is 436 g/mol. The van der Waals surface area contributed by atoms with Gasteiger partial charge in [0.15, 0.2) is 5.65 Å². The molecule has 32 heavy (non-hydrogen) atoms. The van der Waals surface area contributed by atoms with Crippen molar-refractivity contribution in [2.24, 2.45) is 0 Å². The number of nitrogens with one attached hydrogen (secondary N) is 1. The highest BCUT2D eigenvalue weighted by molar-refractivity contribution is 6.13. The molecule has 0 atom stereocenters. The number of pyridine rings is 1. The third kappa shape index (κ3) is 4.66. The van der Waals surface area contributed by atoms with Crippen molar-refractivity contribution in [2.45, 2.75) is 66.5 Å². The van der Waals surface area contributed by atoms with E-state index < -0.39 is 0 Å². The smallest absolute Gasteiger partial charge is 0.256 e. The first-order chi connectivity index (χ1) is 14.9. The summed E-state index contributed by atoms with van der Waals surface area (Å²) in [6, 6.07) is 9.41. The lowest BCUT2D eigenvalue weighted by Crippen LogP contribution is -2.24. The van der Waals surface area contributed by atoms with Crippen molar-refractivity contribution in [3.8, 4) is 0 Å². The van der Waals surface area contributed by atoms with Crippen LogP contribution in [-0.2, 0) is 16.9 Å². The molecule has 0 radical (unpaired) electrons. The van der Waals surface area contributed by atoms with Crippen LogP contribution >= 0.6 is 0 Å². The molecule has 0 bridgehead atoms. The number of aromatic nitrogens is 3. The van der Waals surface area contributed by atoms with Gasteiger partial charge in [0.05, 0.1) is 22.2 Å². The standard InChI is InChI=1S/C25H33N5O2/c1-15(2)21-13-19(22-16(3)28-30(23(22)26-21)25(5,6)7)24(32)27-20-12-10-9-11-18(20)14-29(8)17(4)31/h9-13,15H,14H2,1-8H3,(H,27,32). The molecule has 1 aromatic carbocycles. The Morgan fingerprint density at radius 3 is 2.44 bits per heavy atom. The van der Waals surface area contributed by atoms with Crippen LogP contribution in [0.1, 0.15) is 74.8 Å². The zero-order valence-corrected chi connectivity index (χ0v) is 20.3. The molecule has 0 aliphatic carbocycles. The van der Waals surface area contributed by atoms with E-state index in [9.17, 15) is 9.59 Å². The molecule has 2 heterocycles. The van der Waals surface area contributed by atoms with Crippen LogP contribution in [0.2, 0.25) is 0 Å². The Morgan fingerprint density at radius 1 is 1.19 bits per heavy atom. The van der Waals surface area contributed by atoms with Crippen molar-refractivity contribution < 1.29 is 9.59 Å². The Labute approximate surface area is 189 Å². The number of carbonyl (C=O) groups is 2. The second-order valence-corrected chi connectivity index (χ2v) is 9.60. The fourth-order valence-corrected chi connectivity index (χ4v) is 3.59. The lowest BCUT2D eigenvalue weighted by molar-refractivity contribution is -0.128. The number of carbonyl (C=O) groups excluding carboxylic acids is 2. The molecule has 0 spiro atoms. The minimum atomic E-state index is -0.271. The van der Waals surface area contributed by atoms with E-state index in [2.05, 4.69) is 39.9 Å². The van der Waals surface area contributed by atoms with E-state index in [0.29, 0.717) is 17.8 Å². The highest BCUT2D eigenvalue weighted by atomic mass is 16.2. The first-order valence-corrected chi connectivity index (χ1v) is 10.9. The number of benzene rings is 1. The van der Waals surface area contributed by atoms with Crippen LogP contribution in [0.3, 0.4) is 0 Å². The van der Waals surface area contributed by atoms with Crippen molar-refractivity contribution in [1.29, 1.82) is 0 Å². The molecule has 7 nitrogen and oxygen atoms in total. The second kappa shape index (κ2) is 8.73.